The second-order valence-corrected chi connectivity index (χ2v) is 4.83. The van der Waals surface area contributed by atoms with E-state index in [0.29, 0.717) is 5.82 Å². The van der Waals surface area contributed by atoms with Crippen molar-refractivity contribution < 1.29 is 0 Å². The molecular weight excluding hydrogens is 248 g/mol. The van der Waals surface area contributed by atoms with E-state index in [1.54, 1.807) is 12.3 Å². The molecule has 2 heterocycles. The fraction of sp³-hybridized carbons (Fsp3) is 0.125. The van der Waals surface area contributed by atoms with Crippen molar-refractivity contribution in [2.24, 2.45) is 0 Å². The maximum Gasteiger partial charge on any atom is 0.123 e. The zero-order valence-electron chi connectivity index (χ0n) is 11.5. The first-order valence-corrected chi connectivity index (χ1v) is 6.49. The van der Waals surface area contributed by atoms with E-state index in [4.69, 9.17) is 5.73 Å². The van der Waals surface area contributed by atoms with Crippen LogP contribution >= 0.6 is 0 Å². The summed E-state index contributed by atoms with van der Waals surface area (Å²) in [7, 11) is 0. The van der Waals surface area contributed by atoms with Gasteiger partial charge >= 0.3 is 0 Å². The van der Waals surface area contributed by atoms with Gasteiger partial charge in [0, 0.05) is 23.5 Å². The van der Waals surface area contributed by atoms with Crippen LogP contribution in [0.15, 0.2) is 48.8 Å². The number of nitrogens with zero attached hydrogens (tertiary/aromatic N) is 3. The summed E-state index contributed by atoms with van der Waals surface area (Å²) in [6.07, 6.45) is 3.81. The molecule has 20 heavy (non-hydrogen) atoms. The number of aryl methyl sites for hydroxylation is 2. The molecule has 0 aliphatic carbocycles. The Labute approximate surface area is 117 Å². The third-order valence-electron chi connectivity index (χ3n) is 3.36. The molecule has 3 aromatic rings. The summed E-state index contributed by atoms with van der Waals surface area (Å²) in [5, 5.41) is 4.60. The van der Waals surface area contributed by atoms with Gasteiger partial charge in [0.15, 0.2) is 0 Å². The Morgan fingerprint density at radius 3 is 2.55 bits per heavy atom. The van der Waals surface area contributed by atoms with Gasteiger partial charge in [0.2, 0.25) is 0 Å². The minimum atomic E-state index is 0.526. The summed E-state index contributed by atoms with van der Waals surface area (Å²) >= 11 is 0. The second kappa shape index (κ2) is 4.81. The molecule has 0 saturated carbocycles. The molecule has 0 aliphatic rings. The first kappa shape index (κ1) is 12.4. The Morgan fingerprint density at radius 1 is 1.05 bits per heavy atom. The first-order chi connectivity index (χ1) is 9.65. The average Bonchev–Trinajstić information content (AvgIpc) is 2.82. The Bertz CT molecular complexity index is 741. The molecule has 0 fully saturated rings. The van der Waals surface area contributed by atoms with Crippen LogP contribution in [0.5, 0.6) is 0 Å². The number of pyridine rings is 1. The van der Waals surface area contributed by atoms with E-state index in [-0.39, 0.29) is 0 Å². The number of anilines is 1. The van der Waals surface area contributed by atoms with Crippen molar-refractivity contribution in [3.63, 3.8) is 0 Å². The van der Waals surface area contributed by atoms with Crippen molar-refractivity contribution in [3.05, 3.63) is 60.0 Å². The van der Waals surface area contributed by atoms with Gasteiger partial charge in [0.25, 0.3) is 0 Å². The van der Waals surface area contributed by atoms with E-state index < -0.39 is 0 Å². The lowest BCUT2D eigenvalue weighted by Crippen LogP contribution is -1.97. The van der Waals surface area contributed by atoms with Gasteiger partial charge in [0.1, 0.15) is 5.82 Å². The topological polar surface area (TPSA) is 56.7 Å². The van der Waals surface area contributed by atoms with E-state index in [9.17, 15) is 0 Å². The fourth-order valence-corrected chi connectivity index (χ4v) is 2.25. The lowest BCUT2D eigenvalue weighted by molar-refractivity contribution is 0.856. The number of rotatable bonds is 2. The smallest absolute Gasteiger partial charge is 0.123 e. The van der Waals surface area contributed by atoms with E-state index in [2.05, 4.69) is 29.1 Å². The van der Waals surface area contributed by atoms with Crippen molar-refractivity contribution in [2.45, 2.75) is 13.8 Å². The van der Waals surface area contributed by atoms with E-state index in [1.807, 2.05) is 36.0 Å². The van der Waals surface area contributed by atoms with Crippen LogP contribution in [0.3, 0.4) is 0 Å². The summed E-state index contributed by atoms with van der Waals surface area (Å²) in [5.41, 5.74) is 11.0. The van der Waals surface area contributed by atoms with Crippen LogP contribution in [0.4, 0.5) is 5.82 Å². The normalized spacial score (nSPS) is 10.7. The molecule has 100 valence electrons. The first-order valence-electron chi connectivity index (χ1n) is 6.49. The predicted octanol–water partition coefficient (Wildman–Crippen LogP) is 3.13. The molecule has 3 rings (SSSR count). The van der Waals surface area contributed by atoms with Crippen molar-refractivity contribution in [3.8, 4) is 16.8 Å². The molecule has 0 saturated heterocycles. The van der Waals surface area contributed by atoms with Gasteiger partial charge in [-0.2, -0.15) is 5.10 Å². The van der Waals surface area contributed by atoms with E-state index in [0.717, 1.165) is 22.5 Å². The van der Waals surface area contributed by atoms with Crippen LogP contribution in [-0.2, 0) is 0 Å². The fourth-order valence-electron chi connectivity index (χ4n) is 2.25. The lowest BCUT2D eigenvalue weighted by atomic mass is 10.1. The number of para-hydroxylation sites is 1. The summed E-state index contributed by atoms with van der Waals surface area (Å²) in [5.74, 6) is 0.526. The molecule has 0 radical (unpaired) electrons. The third kappa shape index (κ3) is 2.16. The molecule has 4 nitrogen and oxygen atoms in total. The van der Waals surface area contributed by atoms with Crippen molar-refractivity contribution in [1.29, 1.82) is 0 Å². The Morgan fingerprint density at radius 2 is 1.85 bits per heavy atom. The number of benzene rings is 1. The van der Waals surface area contributed by atoms with Gasteiger partial charge in [-0.3, -0.25) is 0 Å². The molecule has 0 bridgehead atoms. The minimum Gasteiger partial charge on any atom is -0.384 e. The zero-order chi connectivity index (χ0) is 14.1. The third-order valence-corrected chi connectivity index (χ3v) is 3.36. The second-order valence-electron chi connectivity index (χ2n) is 4.83. The zero-order valence-corrected chi connectivity index (χ0v) is 11.5. The molecule has 2 aromatic heterocycles. The standard InChI is InChI=1S/C16H16N4/c1-11-5-3-4-6-15(11)20-10-14(12(2)19-20)13-7-8-16(17)18-9-13/h3-10H,1-2H3,(H2,17,18). The Balaban J connectivity index is 2.08. The van der Waals surface area contributed by atoms with Gasteiger partial charge in [0.05, 0.1) is 11.4 Å². The van der Waals surface area contributed by atoms with E-state index >= 15 is 0 Å². The van der Waals surface area contributed by atoms with Crippen molar-refractivity contribution in [1.82, 2.24) is 14.8 Å². The summed E-state index contributed by atoms with van der Waals surface area (Å²) < 4.78 is 1.91. The maximum atomic E-state index is 5.63. The van der Waals surface area contributed by atoms with Crippen LogP contribution < -0.4 is 5.73 Å². The summed E-state index contributed by atoms with van der Waals surface area (Å²) in [6.45, 7) is 4.08. The number of aromatic nitrogens is 3. The predicted molar refractivity (Wildman–Crippen MR) is 80.7 cm³/mol. The monoisotopic (exact) mass is 264 g/mol. The molecule has 0 atom stereocenters. The highest BCUT2D eigenvalue weighted by Crippen LogP contribution is 2.24. The summed E-state index contributed by atoms with van der Waals surface area (Å²) in [4.78, 5) is 4.14. The van der Waals surface area contributed by atoms with Crippen LogP contribution in [0.2, 0.25) is 0 Å². The van der Waals surface area contributed by atoms with Gasteiger partial charge in [-0.15, -0.1) is 0 Å². The molecule has 0 unspecified atom stereocenters. The van der Waals surface area contributed by atoms with Gasteiger partial charge < -0.3 is 5.73 Å². The van der Waals surface area contributed by atoms with Crippen LogP contribution in [0.1, 0.15) is 11.3 Å². The minimum absolute atomic E-state index is 0.526. The molecule has 1 aromatic carbocycles. The molecular formula is C16H16N4. The van der Waals surface area contributed by atoms with Gasteiger partial charge in [-0.05, 0) is 37.6 Å². The van der Waals surface area contributed by atoms with Crippen molar-refractivity contribution in [2.75, 3.05) is 5.73 Å². The van der Waals surface area contributed by atoms with Gasteiger partial charge in [-0.1, -0.05) is 18.2 Å². The van der Waals surface area contributed by atoms with Crippen LogP contribution in [0, 0.1) is 13.8 Å². The van der Waals surface area contributed by atoms with Crippen molar-refractivity contribution >= 4 is 5.82 Å². The number of hydrogen-bond acceptors (Lipinski definition) is 3. The van der Waals surface area contributed by atoms with Gasteiger partial charge in [-0.25, -0.2) is 9.67 Å². The quantitative estimate of drug-likeness (QED) is 0.773. The molecule has 0 spiro atoms. The maximum absolute atomic E-state index is 5.63. The molecule has 0 aliphatic heterocycles. The van der Waals surface area contributed by atoms with Crippen LogP contribution in [-0.4, -0.2) is 14.8 Å². The SMILES string of the molecule is Cc1ccccc1-n1cc(-c2ccc(N)nc2)c(C)n1. The molecule has 2 N–H and O–H groups in total. The molecule has 0 amide bonds. The summed E-state index contributed by atoms with van der Waals surface area (Å²) in [6, 6.07) is 12.0. The number of nitrogens with two attached hydrogens (primary N) is 1. The highest BCUT2D eigenvalue weighted by atomic mass is 15.3. The Hall–Kier alpha value is -2.62. The highest BCUT2D eigenvalue weighted by Gasteiger charge is 2.09. The number of nitrogen functional groups attached to an aromatic ring is 1. The average molecular weight is 264 g/mol. The Kier molecular flexibility index (Phi) is 2.99. The lowest BCUT2D eigenvalue weighted by Gasteiger charge is -2.04. The largest absolute Gasteiger partial charge is 0.384 e. The highest BCUT2D eigenvalue weighted by molar-refractivity contribution is 5.65. The molecule has 4 heteroatoms. The van der Waals surface area contributed by atoms with Crippen LogP contribution in [0.25, 0.3) is 16.8 Å². The number of hydrogen-bond donors (Lipinski definition) is 1. The van der Waals surface area contributed by atoms with E-state index in [1.165, 1.54) is 5.56 Å².